The molecule has 5 rings (SSSR count). The van der Waals surface area contributed by atoms with Gasteiger partial charge in [-0.1, -0.05) is 0 Å². The van der Waals surface area contributed by atoms with Gasteiger partial charge in [-0.15, -0.1) is 0 Å². The van der Waals surface area contributed by atoms with E-state index in [1.165, 1.54) is 10.8 Å². The van der Waals surface area contributed by atoms with E-state index in [-0.39, 0.29) is 40.5 Å². The van der Waals surface area contributed by atoms with Crippen molar-refractivity contribution < 1.29 is 47.4 Å². The Morgan fingerprint density at radius 2 is 1.84 bits per heavy atom. The van der Waals surface area contributed by atoms with Crippen molar-refractivity contribution >= 4 is 71.2 Å². The number of phosphoric acid groups is 1. The van der Waals surface area contributed by atoms with Crippen LogP contribution >= 0.6 is 48.3 Å². The number of aliphatic hydroxyl groups excluding tert-OH is 1. The Kier molecular flexibility index (Phi) is 9.69. The molecular weight excluding hydrogens is 754 g/mol. The number of anilines is 2. The number of phosphoric ester groups is 1. The third kappa shape index (κ3) is 7.17. The smallest absolute Gasteiger partial charge is 0.390 e. The number of hydrogen-bond donors (Lipinski definition) is 7. The Hall–Kier alpha value is -1.91. The van der Waals surface area contributed by atoms with E-state index in [1.54, 1.807) is 0 Å². The highest BCUT2D eigenvalue weighted by Gasteiger charge is 2.44. The number of aliphatic hydroxyl groups is 1. The number of nitrogen functional groups attached to an aromatic ring is 2. The van der Waals surface area contributed by atoms with E-state index >= 15 is 0 Å². The molecule has 2 aliphatic heterocycles. The van der Waals surface area contributed by atoms with Crippen molar-refractivity contribution in [2.75, 3.05) is 24.7 Å². The average Bonchev–Trinajstić information content (AvgIpc) is 3.57. The number of ether oxygens (including phenoxy) is 2. The first-order valence-electron chi connectivity index (χ1n) is 12.1. The van der Waals surface area contributed by atoms with Gasteiger partial charge in [-0.05, 0) is 31.9 Å². The van der Waals surface area contributed by atoms with Crippen molar-refractivity contribution in [2.24, 2.45) is 0 Å². The molecule has 24 heteroatoms. The second-order valence-corrected chi connectivity index (χ2v) is 13.0. The average molecular weight is 778 g/mol. The van der Waals surface area contributed by atoms with Gasteiger partial charge in [0.25, 0.3) is 5.56 Å². The lowest BCUT2D eigenvalue weighted by atomic mass is 10.2. The Balaban J connectivity index is 1.28. The van der Waals surface area contributed by atoms with Crippen LogP contribution in [0.5, 0.6) is 0 Å². The van der Waals surface area contributed by atoms with Crippen molar-refractivity contribution in [1.29, 1.82) is 0 Å². The number of hydrogen-bond acceptors (Lipinski definition) is 16. The van der Waals surface area contributed by atoms with Crippen LogP contribution in [0.15, 0.2) is 25.0 Å². The van der Waals surface area contributed by atoms with Gasteiger partial charge in [-0.25, -0.2) is 14.3 Å². The van der Waals surface area contributed by atoms with Crippen LogP contribution in [0.2, 0.25) is 0 Å². The lowest BCUT2D eigenvalue weighted by Gasteiger charge is -2.22. The van der Waals surface area contributed by atoms with E-state index < -0.39 is 77.8 Å². The maximum absolute atomic E-state index is 13.0. The maximum Gasteiger partial charge on any atom is 0.472 e. The molecule has 3 aromatic heterocycles. The SMILES string of the molecule is Nc1nc2c(nc(Br)n2[C@H]2C[C@H](OP(=O)(O)OC[C@H]3O[C@@H](n4cc(Br)c(N)nc4=O)C[C@@H]3O)[C@@H](COP(O)O)O2)c(=O)[nH]1. The lowest BCUT2D eigenvalue weighted by Crippen LogP contribution is -2.30. The standard InChI is InChI=1S/C19H24Br2N8O12P2/c20-6-3-28(19(32)25-14(6)22)11-1-7(30)9(39-11)5-38-43(35,36)41-8-2-12(40-10(8)4-37-42(33)34)29-15-13(24-17(29)21)16(31)27-18(23)26-15/h3,7-12,30,33-34H,1-2,4-5H2,(H,35,36)(H2,22,25,32)(H3,23,26,27,31)/t7-,8-,9+,10+,11+,12+/m0/s1. The predicted molar refractivity (Wildman–Crippen MR) is 152 cm³/mol. The van der Waals surface area contributed by atoms with Gasteiger partial charge in [-0.3, -0.25) is 28.0 Å². The van der Waals surface area contributed by atoms with Crippen molar-refractivity contribution in [1.82, 2.24) is 29.1 Å². The first kappa shape index (κ1) is 32.5. The van der Waals surface area contributed by atoms with Gasteiger partial charge in [0.15, 0.2) is 15.9 Å². The summed E-state index contributed by atoms with van der Waals surface area (Å²) in [6.45, 7) is -1.07. The minimum absolute atomic E-state index is 0.0305. The zero-order valence-electron chi connectivity index (χ0n) is 21.5. The molecule has 0 bridgehead atoms. The van der Waals surface area contributed by atoms with E-state index in [4.69, 9.17) is 34.5 Å². The van der Waals surface area contributed by atoms with Crippen molar-refractivity contribution in [2.45, 2.75) is 49.7 Å². The number of nitrogens with one attached hydrogen (secondary N) is 1. The lowest BCUT2D eigenvalue weighted by molar-refractivity contribution is -0.0555. The molecule has 0 aromatic carbocycles. The summed E-state index contributed by atoms with van der Waals surface area (Å²) in [6.07, 6.45) is -5.48. The number of rotatable bonds is 10. The first-order chi connectivity index (χ1) is 20.2. The van der Waals surface area contributed by atoms with Crippen LogP contribution in [0.4, 0.5) is 11.8 Å². The minimum Gasteiger partial charge on any atom is -0.390 e. The predicted octanol–water partition coefficient (Wildman–Crippen LogP) is -0.268. The van der Waals surface area contributed by atoms with Crippen LogP contribution < -0.4 is 22.7 Å². The van der Waals surface area contributed by atoms with Crippen molar-refractivity contribution in [3.05, 3.63) is 36.2 Å². The molecule has 20 nitrogen and oxygen atoms in total. The number of H-pyrrole nitrogens is 1. The number of fused-ring (bicyclic) bond motifs is 1. The van der Waals surface area contributed by atoms with Crippen LogP contribution in [0.3, 0.4) is 0 Å². The molecule has 0 saturated carbocycles. The molecule has 1 unspecified atom stereocenters. The van der Waals surface area contributed by atoms with E-state index in [9.17, 15) is 33.9 Å². The molecule has 9 N–H and O–H groups in total. The van der Waals surface area contributed by atoms with Gasteiger partial charge < -0.3 is 45.3 Å². The number of aromatic amines is 1. The summed E-state index contributed by atoms with van der Waals surface area (Å²) >= 11 is 6.40. The zero-order chi connectivity index (χ0) is 31.2. The van der Waals surface area contributed by atoms with Crippen molar-refractivity contribution in [3.8, 4) is 0 Å². The highest BCUT2D eigenvalue weighted by atomic mass is 79.9. The molecule has 43 heavy (non-hydrogen) atoms. The molecule has 0 aliphatic carbocycles. The van der Waals surface area contributed by atoms with Gasteiger partial charge in [0.05, 0.1) is 23.8 Å². The Labute approximate surface area is 257 Å². The number of nitrogens with two attached hydrogens (primary N) is 2. The summed E-state index contributed by atoms with van der Waals surface area (Å²) in [4.78, 5) is 67.6. The number of nitrogens with zero attached hydrogens (tertiary/aromatic N) is 5. The highest BCUT2D eigenvalue weighted by Crippen LogP contribution is 2.50. The second kappa shape index (κ2) is 12.8. The molecule has 2 saturated heterocycles. The zero-order valence-corrected chi connectivity index (χ0v) is 26.4. The molecule has 0 amide bonds. The van der Waals surface area contributed by atoms with Crippen LogP contribution in [0.25, 0.3) is 11.2 Å². The number of imidazole rings is 1. The Morgan fingerprint density at radius 1 is 1.12 bits per heavy atom. The topological polar surface area (TPSA) is 295 Å². The maximum atomic E-state index is 13.0. The second-order valence-electron chi connectivity index (χ2n) is 9.29. The number of aromatic nitrogens is 6. The molecule has 3 aromatic rings. The summed E-state index contributed by atoms with van der Waals surface area (Å²) in [5, 5.41) is 10.4. The molecule has 7 atom stereocenters. The summed E-state index contributed by atoms with van der Waals surface area (Å²) in [5.74, 6) is -0.225. The fourth-order valence-electron chi connectivity index (χ4n) is 4.56. The summed E-state index contributed by atoms with van der Waals surface area (Å²) in [5.41, 5.74) is 9.91. The number of halogens is 2. The molecule has 0 radical (unpaired) electrons. The largest absolute Gasteiger partial charge is 0.472 e. The fourth-order valence-corrected chi connectivity index (χ4v) is 6.68. The van der Waals surface area contributed by atoms with Crippen LogP contribution in [-0.4, -0.2) is 86.5 Å². The van der Waals surface area contributed by atoms with Crippen molar-refractivity contribution in [3.63, 3.8) is 0 Å². The van der Waals surface area contributed by atoms with Gasteiger partial charge in [0.2, 0.25) is 5.95 Å². The third-order valence-corrected chi connectivity index (χ3v) is 9.03. The van der Waals surface area contributed by atoms with Gasteiger partial charge in [-0.2, -0.15) is 9.97 Å². The van der Waals surface area contributed by atoms with Crippen LogP contribution in [-0.2, 0) is 27.6 Å². The third-order valence-electron chi connectivity index (χ3n) is 6.47. The minimum atomic E-state index is -4.88. The molecule has 236 valence electrons. The van der Waals surface area contributed by atoms with Crippen LogP contribution in [0, 0.1) is 0 Å². The molecule has 5 heterocycles. The first-order valence-corrected chi connectivity index (χ1v) is 16.4. The molecule has 2 fully saturated rings. The normalized spacial score (nSPS) is 27.3. The van der Waals surface area contributed by atoms with E-state index in [0.29, 0.717) is 4.47 Å². The molecule has 0 spiro atoms. The highest BCUT2D eigenvalue weighted by molar-refractivity contribution is 9.10. The van der Waals surface area contributed by atoms with E-state index in [2.05, 4.69) is 51.8 Å². The quantitative estimate of drug-likeness (QED) is 0.103. The van der Waals surface area contributed by atoms with Crippen LogP contribution in [0.1, 0.15) is 25.3 Å². The van der Waals surface area contributed by atoms with Gasteiger partial charge in [0, 0.05) is 19.0 Å². The summed E-state index contributed by atoms with van der Waals surface area (Å²) < 4.78 is 42.8. The fraction of sp³-hybridized carbons (Fsp3) is 0.526. The Morgan fingerprint density at radius 3 is 2.56 bits per heavy atom. The monoisotopic (exact) mass is 776 g/mol. The Bertz CT molecular complexity index is 1670. The van der Waals surface area contributed by atoms with Gasteiger partial charge in [0.1, 0.15) is 36.6 Å². The van der Waals surface area contributed by atoms with E-state index in [1.807, 2.05) is 0 Å². The summed E-state index contributed by atoms with van der Waals surface area (Å²) in [6, 6.07) is 0. The molecule has 2 aliphatic rings. The van der Waals surface area contributed by atoms with Gasteiger partial charge >= 0.3 is 22.1 Å². The van der Waals surface area contributed by atoms with E-state index in [0.717, 1.165) is 4.57 Å². The summed E-state index contributed by atoms with van der Waals surface area (Å²) in [7, 11) is -7.68. The molecular formula is C19H24Br2N8O12P2.